The van der Waals surface area contributed by atoms with E-state index < -0.39 is 0 Å². The van der Waals surface area contributed by atoms with Crippen molar-refractivity contribution in [3.05, 3.63) is 35.5 Å². The average molecular weight is 253 g/mol. The van der Waals surface area contributed by atoms with Gasteiger partial charge in [0.1, 0.15) is 5.69 Å². The summed E-state index contributed by atoms with van der Waals surface area (Å²) in [4.78, 5) is 3.53. The Hall–Kier alpha value is -2.23. The van der Waals surface area contributed by atoms with E-state index in [-0.39, 0.29) is 0 Å². The Morgan fingerprint density at radius 3 is 2.89 bits per heavy atom. The molecule has 0 spiro atoms. The highest BCUT2D eigenvalue weighted by Gasteiger charge is 2.16. The summed E-state index contributed by atoms with van der Waals surface area (Å²) in [6.45, 7) is 0. The minimum atomic E-state index is 0.353. The number of aromatic amines is 1. The number of hydrogen-bond acceptors (Lipinski definition) is 3. The zero-order valence-corrected chi connectivity index (χ0v) is 10.6. The SMILES string of the molecule is Nc1cc(-c2ccc3[nH]c4c(c3c2)CCCC4)no1. The van der Waals surface area contributed by atoms with Crippen LogP contribution in [0.25, 0.3) is 22.2 Å². The monoisotopic (exact) mass is 253 g/mol. The maximum Gasteiger partial charge on any atom is 0.222 e. The van der Waals surface area contributed by atoms with Crippen LogP contribution in [0.1, 0.15) is 24.1 Å². The molecule has 0 saturated carbocycles. The number of anilines is 1. The van der Waals surface area contributed by atoms with Crippen molar-refractivity contribution in [2.75, 3.05) is 5.73 Å². The van der Waals surface area contributed by atoms with Crippen LogP contribution in [0.4, 0.5) is 5.88 Å². The Morgan fingerprint density at radius 1 is 1.16 bits per heavy atom. The number of nitrogens with two attached hydrogens (primary N) is 1. The number of benzene rings is 1. The number of fused-ring (bicyclic) bond motifs is 3. The molecule has 1 aliphatic carbocycles. The third-order valence-corrected chi connectivity index (χ3v) is 3.92. The molecule has 4 nitrogen and oxygen atoms in total. The molecule has 3 aromatic rings. The Balaban J connectivity index is 1.90. The summed E-state index contributed by atoms with van der Waals surface area (Å²) in [5.74, 6) is 0.353. The van der Waals surface area contributed by atoms with Crippen molar-refractivity contribution in [3.8, 4) is 11.3 Å². The van der Waals surface area contributed by atoms with Crippen LogP contribution in [0, 0.1) is 0 Å². The fourth-order valence-electron chi connectivity index (χ4n) is 2.99. The van der Waals surface area contributed by atoms with Gasteiger partial charge in [0, 0.05) is 28.2 Å². The first-order valence-corrected chi connectivity index (χ1v) is 6.67. The highest BCUT2D eigenvalue weighted by Crippen LogP contribution is 2.32. The minimum absolute atomic E-state index is 0.353. The minimum Gasteiger partial charge on any atom is -0.368 e. The largest absolute Gasteiger partial charge is 0.368 e. The van der Waals surface area contributed by atoms with Gasteiger partial charge in [0.15, 0.2) is 0 Å². The number of aromatic nitrogens is 2. The third-order valence-electron chi connectivity index (χ3n) is 3.92. The molecule has 0 amide bonds. The molecule has 0 atom stereocenters. The standard InChI is InChI=1S/C15H15N3O/c16-15-8-14(18-19-15)9-5-6-13-11(7-9)10-3-1-2-4-12(10)17-13/h5-8,17H,1-4,16H2. The van der Waals surface area contributed by atoms with Crippen molar-refractivity contribution in [3.63, 3.8) is 0 Å². The molecule has 4 rings (SSSR count). The first kappa shape index (κ1) is 10.7. The van der Waals surface area contributed by atoms with E-state index in [9.17, 15) is 0 Å². The number of nitrogens with zero attached hydrogens (tertiary/aromatic N) is 1. The van der Waals surface area contributed by atoms with E-state index in [2.05, 4.69) is 28.3 Å². The van der Waals surface area contributed by atoms with Crippen LogP contribution in [-0.4, -0.2) is 10.1 Å². The molecule has 19 heavy (non-hydrogen) atoms. The zero-order valence-electron chi connectivity index (χ0n) is 10.6. The van der Waals surface area contributed by atoms with Gasteiger partial charge >= 0.3 is 0 Å². The number of aryl methyl sites for hydroxylation is 2. The Kier molecular flexibility index (Phi) is 2.18. The molecule has 0 radical (unpaired) electrons. The van der Waals surface area contributed by atoms with Gasteiger partial charge in [0.25, 0.3) is 0 Å². The normalized spacial score (nSPS) is 14.7. The second-order valence-electron chi connectivity index (χ2n) is 5.16. The summed E-state index contributed by atoms with van der Waals surface area (Å²) >= 11 is 0. The molecule has 1 aromatic carbocycles. The zero-order chi connectivity index (χ0) is 12.8. The summed E-state index contributed by atoms with van der Waals surface area (Å²) in [5.41, 5.74) is 11.5. The fraction of sp³-hybridized carbons (Fsp3) is 0.267. The van der Waals surface area contributed by atoms with Gasteiger partial charge in [0.05, 0.1) is 0 Å². The summed E-state index contributed by atoms with van der Waals surface area (Å²) in [5, 5.41) is 5.29. The van der Waals surface area contributed by atoms with Crippen LogP contribution in [0.3, 0.4) is 0 Å². The van der Waals surface area contributed by atoms with E-state index in [0.717, 1.165) is 17.7 Å². The van der Waals surface area contributed by atoms with Crippen LogP contribution in [0.15, 0.2) is 28.8 Å². The quantitative estimate of drug-likeness (QED) is 0.699. The lowest BCUT2D eigenvalue weighted by Gasteiger charge is -2.10. The van der Waals surface area contributed by atoms with E-state index in [1.807, 2.05) is 0 Å². The lowest BCUT2D eigenvalue weighted by Crippen LogP contribution is -1.99. The van der Waals surface area contributed by atoms with Crippen molar-refractivity contribution in [1.82, 2.24) is 10.1 Å². The van der Waals surface area contributed by atoms with Gasteiger partial charge in [-0.05, 0) is 43.4 Å². The van der Waals surface area contributed by atoms with Crippen molar-refractivity contribution >= 4 is 16.8 Å². The van der Waals surface area contributed by atoms with Crippen molar-refractivity contribution < 1.29 is 4.52 Å². The highest BCUT2D eigenvalue weighted by atomic mass is 16.5. The molecule has 2 aromatic heterocycles. The molecule has 0 aliphatic heterocycles. The smallest absolute Gasteiger partial charge is 0.222 e. The van der Waals surface area contributed by atoms with Crippen LogP contribution in [0.2, 0.25) is 0 Å². The van der Waals surface area contributed by atoms with E-state index in [1.165, 1.54) is 41.4 Å². The fourth-order valence-corrected chi connectivity index (χ4v) is 2.99. The predicted molar refractivity (Wildman–Crippen MR) is 74.9 cm³/mol. The highest BCUT2D eigenvalue weighted by molar-refractivity contribution is 5.89. The first-order valence-electron chi connectivity index (χ1n) is 6.67. The predicted octanol–water partition coefficient (Wildman–Crippen LogP) is 3.28. The third kappa shape index (κ3) is 1.63. The number of nitrogens with one attached hydrogen (secondary N) is 1. The molecule has 1 aliphatic rings. The number of nitrogen functional groups attached to an aromatic ring is 1. The first-order chi connectivity index (χ1) is 9.31. The Morgan fingerprint density at radius 2 is 2.05 bits per heavy atom. The number of hydrogen-bond donors (Lipinski definition) is 2. The summed E-state index contributed by atoms with van der Waals surface area (Å²) in [6.07, 6.45) is 4.89. The van der Waals surface area contributed by atoms with Gasteiger partial charge in [-0.15, -0.1) is 0 Å². The van der Waals surface area contributed by atoms with Gasteiger partial charge in [-0.2, -0.15) is 0 Å². The van der Waals surface area contributed by atoms with Crippen LogP contribution >= 0.6 is 0 Å². The van der Waals surface area contributed by atoms with Crippen LogP contribution in [0.5, 0.6) is 0 Å². The lowest BCUT2D eigenvalue weighted by atomic mass is 9.95. The molecule has 4 heteroatoms. The van der Waals surface area contributed by atoms with E-state index in [0.29, 0.717) is 5.88 Å². The van der Waals surface area contributed by atoms with Gasteiger partial charge in [-0.3, -0.25) is 0 Å². The van der Waals surface area contributed by atoms with E-state index >= 15 is 0 Å². The van der Waals surface area contributed by atoms with Gasteiger partial charge in [0.2, 0.25) is 5.88 Å². The van der Waals surface area contributed by atoms with Crippen molar-refractivity contribution in [2.45, 2.75) is 25.7 Å². The Labute approximate surface area is 110 Å². The topological polar surface area (TPSA) is 67.8 Å². The second-order valence-corrected chi connectivity index (χ2v) is 5.16. The van der Waals surface area contributed by atoms with Crippen molar-refractivity contribution in [1.29, 1.82) is 0 Å². The molecular weight excluding hydrogens is 238 g/mol. The van der Waals surface area contributed by atoms with Gasteiger partial charge in [-0.1, -0.05) is 11.2 Å². The summed E-state index contributed by atoms with van der Waals surface area (Å²) < 4.78 is 4.95. The molecule has 0 bridgehead atoms. The summed E-state index contributed by atoms with van der Waals surface area (Å²) in [6, 6.07) is 8.13. The number of H-pyrrole nitrogens is 1. The molecule has 3 N–H and O–H groups in total. The van der Waals surface area contributed by atoms with Crippen LogP contribution < -0.4 is 5.73 Å². The van der Waals surface area contributed by atoms with Crippen LogP contribution in [-0.2, 0) is 12.8 Å². The Bertz CT molecular complexity index is 754. The second kappa shape index (κ2) is 3.88. The maximum atomic E-state index is 5.58. The molecule has 0 saturated heterocycles. The molecular formula is C15H15N3O. The van der Waals surface area contributed by atoms with Gasteiger partial charge < -0.3 is 15.2 Å². The molecule has 0 fully saturated rings. The molecule has 2 heterocycles. The average Bonchev–Trinajstić information content (AvgIpc) is 3.01. The molecule has 0 unspecified atom stereocenters. The van der Waals surface area contributed by atoms with Gasteiger partial charge in [-0.25, -0.2) is 0 Å². The van der Waals surface area contributed by atoms with E-state index in [4.69, 9.17) is 10.3 Å². The molecule has 96 valence electrons. The van der Waals surface area contributed by atoms with E-state index in [1.54, 1.807) is 6.07 Å². The lowest BCUT2D eigenvalue weighted by molar-refractivity contribution is 0.439. The number of rotatable bonds is 1. The maximum absolute atomic E-state index is 5.58. The van der Waals surface area contributed by atoms with Crippen molar-refractivity contribution in [2.24, 2.45) is 0 Å². The summed E-state index contributed by atoms with van der Waals surface area (Å²) in [7, 11) is 0.